The zero-order valence-corrected chi connectivity index (χ0v) is 16.7. The first kappa shape index (κ1) is 19.8. The van der Waals surface area contributed by atoms with Crippen molar-refractivity contribution in [2.45, 2.75) is 6.92 Å². The van der Waals surface area contributed by atoms with Gasteiger partial charge < -0.3 is 19.7 Å². The van der Waals surface area contributed by atoms with Gasteiger partial charge in [-0.15, -0.1) is 0 Å². The van der Waals surface area contributed by atoms with Crippen molar-refractivity contribution in [2.24, 2.45) is 0 Å². The van der Waals surface area contributed by atoms with Crippen molar-refractivity contribution in [3.63, 3.8) is 0 Å². The Morgan fingerprint density at radius 1 is 1.08 bits per heavy atom. The number of hydrogen-bond acceptors (Lipinski definition) is 4. The topological polar surface area (TPSA) is 67.9 Å². The number of carbonyl (C=O) groups is 2. The molecule has 0 aliphatic rings. The molecule has 0 aromatic heterocycles. The number of hydrogen-bond donors (Lipinski definition) is 1. The molecule has 0 heterocycles. The van der Waals surface area contributed by atoms with E-state index in [1.54, 1.807) is 25.2 Å². The Balaban J connectivity index is 2.05. The lowest BCUT2D eigenvalue weighted by atomic mass is 10.1. The molecule has 1 N–H and O–H groups in total. The number of methoxy groups -OCH3 is 2. The summed E-state index contributed by atoms with van der Waals surface area (Å²) >= 11 is 3.38. The lowest BCUT2D eigenvalue weighted by Gasteiger charge is -2.18. The van der Waals surface area contributed by atoms with Crippen molar-refractivity contribution in [3.05, 3.63) is 52.0 Å². The Labute approximate surface area is 161 Å². The summed E-state index contributed by atoms with van der Waals surface area (Å²) in [6, 6.07) is 10.5. The van der Waals surface area contributed by atoms with E-state index >= 15 is 0 Å². The van der Waals surface area contributed by atoms with Crippen LogP contribution in [0.15, 0.2) is 40.9 Å². The number of likely N-dealkylation sites (N-methyl/N-ethyl adjacent to an activating group) is 1. The minimum atomic E-state index is -0.284. The van der Waals surface area contributed by atoms with E-state index in [9.17, 15) is 9.59 Å². The summed E-state index contributed by atoms with van der Waals surface area (Å²) in [6.07, 6.45) is 0. The standard InChI is InChI=1S/C19H21BrN2O4/c1-12-9-14(20)6-7-15(12)21-18(23)11-22(2)19(24)13-5-8-16(25-3)17(10-13)26-4/h5-10H,11H2,1-4H3,(H,21,23). The average molecular weight is 421 g/mol. The molecule has 7 heteroatoms. The van der Waals surface area contributed by atoms with Gasteiger partial charge >= 0.3 is 0 Å². The van der Waals surface area contributed by atoms with Crippen molar-refractivity contribution in [2.75, 3.05) is 33.1 Å². The van der Waals surface area contributed by atoms with E-state index in [1.165, 1.54) is 19.1 Å². The van der Waals surface area contributed by atoms with Gasteiger partial charge in [-0.2, -0.15) is 0 Å². The van der Waals surface area contributed by atoms with Crippen LogP contribution in [0.5, 0.6) is 11.5 Å². The first-order chi connectivity index (χ1) is 12.3. The van der Waals surface area contributed by atoms with Crippen LogP contribution in [-0.2, 0) is 4.79 Å². The van der Waals surface area contributed by atoms with Gasteiger partial charge in [0.05, 0.1) is 20.8 Å². The maximum Gasteiger partial charge on any atom is 0.254 e. The van der Waals surface area contributed by atoms with E-state index in [1.807, 2.05) is 25.1 Å². The molecule has 138 valence electrons. The Morgan fingerprint density at radius 2 is 1.77 bits per heavy atom. The molecule has 0 saturated heterocycles. The van der Waals surface area contributed by atoms with Crippen LogP contribution < -0.4 is 14.8 Å². The number of amides is 2. The number of nitrogens with one attached hydrogen (secondary N) is 1. The lowest BCUT2D eigenvalue weighted by molar-refractivity contribution is -0.116. The summed E-state index contributed by atoms with van der Waals surface area (Å²) in [4.78, 5) is 26.2. The second kappa shape index (κ2) is 8.71. The number of carbonyl (C=O) groups excluding carboxylic acids is 2. The molecule has 0 bridgehead atoms. The van der Waals surface area contributed by atoms with E-state index in [-0.39, 0.29) is 18.4 Å². The van der Waals surface area contributed by atoms with E-state index in [2.05, 4.69) is 21.2 Å². The summed E-state index contributed by atoms with van der Waals surface area (Å²) in [5.41, 5.74) is 2.06. The van der Waals surface area contributed by atoms with Gasteiger partial charge in [-0.1, -0.05) is 15.9 Å². The third-order valence-electron chi connectivity index (χ3n) is 3.82. The summed E-state index contributed by atoms with van der Waals surface area (Å²) in [5, 5.41) is 2.82. The highest BCUT2D eigenvalue weighted by molar-refractivity contribution is 9.10. The van der Waals surface area contributed by atoms with Gasteiger partial charge in [-0.3, -0.25) is 9.59 Å². The minimum absolute atomic E-state index is 0.0668. The molecule has 0 radical (unpaired) electrons. The summed E-state index contributed by atoms with van der Waals surface area (Å²) in [5.74, 6) is 0.442. The van der Waals surface area contributed by atoms with Crippen LogP contribution in [-0.4, -0.2) is 44.5 Å². The van der Waals surface area contributed by atoms with Crippen LogP contribution in [0.1, 0.15) is 15.9 Å². The maximum atomic E-state index is 12.6. The fraction of sp³-hybridized carbons (Fsp3) is 0.263. The molecular formula is C19H21BrN2O4. The highest BCUT2D eigenvalue weighted by Gasteiger charge is 2.17. The van der Waals surface area contributed by atoms with Gasteiger partial charge in [0, 0.05) is 22.8 Å². The summed E-state index contributed by atoms with van der Waals surface area (Å²) < 4.78 is 11.3. The zero-order chi connectivity index (χ0) is 19.3. The molecule has 26 heavy (non-hydrogen) atoms. The Morgan fingerprint density at radius 3 is 2.38 bits per heavy atom. The fourth-order valence-electron chi connectivity index (χ4n) is 2.43. The smallest absolute Gasteiger partial charge is 0.254 e. The first-order valence-electron chi connectivity index (χ1n) is 7.89. The van der Waals surface area contributed by atoms with Crippen LogP contribution >= 0.6 is 15.9 Å². The number of halogens is 1. The van der Waals surface area contributed by atoms with Crippen LogP contribution in [0, 0.1) is 6.92 Å². The number of benzene rings is 2. The van der Waals surface area contributed by atoms with Crippen molar-refractivity contribution < 1.29 is 19.1 Å². The molecule has 2 aromatic rings. The lowest BCUT2D eigenvalue weighted by Crippen LogP contribution is -2.35. The molecule has 6 nitrogen and oxygen atoms in total. The quantitative estimate of drug-likeness (QED) is 0.776. The van der Waals surface area contributed by atoms with Crippen LogP contribution in [0.3, 0.4) is 0 Å². The second-order valence-corrected chi connectivity index (χ2v) is 6.65. The van der Waals surface area contributed by atoms with Crippen molar-refractivity contribution in [1.82, 2.24) is 4.90 Å². The van der Waals surface area contributed by atoms with E-state index in [0.29, 0.717) is 22.7 Å². The molecule has 0 spiro atoms. The molecule has 0 aliphatic carbocycles. The van der Waals surface area contributed by atoms with E-state index in [0.717, 1.165) is 10.0 Å². The highest BCUT2D eigenvalue weighted by atomic mass is 79.9. The predicted molar refractivity (Wildman–Crippen MR) is 104 cm³/mol. The van der Waals surface area contributed by atoms with Gasteiger partial charge in [0.25, 0.3) is 5.91 Å². The third-order valence-corrected chi connectivity index (χ3v) is 4.31. The summed E-state index contributed by atoms with van der Waals surface area (Å²) in [7, 11) is 4.61. The monoisotopic (exact) mass is 420 g/mol. The van der Waals surface area contributed by atoms with Gasteiger partial charge in [-0.05, 0) is 48.9 Å². The molecule has 2 rings (SSSR count). The largest absolute Gasteiger partial charge is 0.493 e. The SMILES string of the molecule is COc1ccc(C(=O)N(C)CC(=O)Nc2ccc(Br)cc2C)cc1OC. The second-order valence-electron chi connectivity index (χ2n) is 5.74. The number of rotatable bonds is 6. The summed E-state index contributed by atoms with van der Waals surface area (Å²) in [6.45, 7) is 1.83. The normalized spacial score (nSPS) is 10.2. The Bertz CT molecular complexity index is 823. The van der Waals surface area contributed by atoms with Crippen LogP contribution in [0.4, 0.5) is 5.69 Å². The molecule has 0 aliphatic heterocycles. The van der Waals surface area contributed by atoms with E-state index < -0.39 is 0 Å². The van der Waals surface area contributed by atoms with Crippen molar-refractivity contribution >= 4 is 33.4 Å². The van der Waals surface area contributed by atoms with Gasteiger partial charge in [0.1, 0.15) is 0 Å². The highest BCUT2D eigenvalue weighted by Crippen LogP contribution is 2.28. The molecule has 2 amide bonds. The Kier molecular flexibility index (Phi) is 6.63. The van der Waals surface area contributed by atoms with E-state index in [4.69, 9.17) is 9.47 Å². The first-order valence-corrected chi connectivity index (χ1v) is 8.68. The molecule has 0 fully saturated rings. The maximum absolute atomic E-state index is 12.6. The van der Waals surface area contributed by atoms with Crippen LogP contribution in [0.25, 0.3) is 0 Å². The third kappa shape index (κ3) is 4.76. The van der Waals surface area contributed by atoms with Crippen molar-refractivity contribution in [3.8, 4) is 11.5 Å². The van der Waals surface area contributed by atoms with Crippen LogP contribution in [0.2, 0.25) is 0 Å². The van der Waals surface area contributed by atoms with Crippen molar-refractivity contribution in [1.29, 1.82) is 0 Å². The average Bonchev–Trinajstić information content (AvgIpc) is 2.62. The Hall–Kier alpha value is -2.54. The number of aryl methyl sites for hydroxylation is 1. The molecule has 0 atom stereocenters. The van der Waals surface area contributed by atoms with Gasteiger partial charge in [0.15, 0.2) is 11.5 Å². The predicted octanol–water partition coefficient (Wildman–Crippen LogP) is 3.49. The molecular weight excluding hydrogens is 400 g/mol. The van der Waals surface area contributed by atoms with Gasteiger partial charge in [-0.25, -0.2) is 0 Å². The molecule has 0 unspecified atom stereocenters. The van der Waals surface area contributed by atoms with Gasteiger partial charge in [0.2, 0.25) is 5.91 Å². The number of nitrogens with zero attached hydrogens (tertiary/aromatic N) is 1. The molecule has 2 aromatic carbocycles. The number of ether oxygens (including phenoxy) is 2. The molecule has 0 saturated carbocycles. The number of anilines is 1. The minimum Gasteiger partial charge on any atom is -0.493 e. The fourth-order valence-corrected chi connectivity index (χ4v) is 2.91. The zero-order valence-electron chi connectivity index (χ0n) is 15.1.